The molecule has 124 valence electrons. The molecule has 2 rings (SSSR count). The second-order valence-electron chi connectivity index (χ2n) is 5.49. The van der Waals surface area contributed by atoms with Crippen molar-refractivity contribution in [2.45, 2.75) is 32.1 Å². The summed E-state index contributed by atoms with van der Waals surface area (Å²) in [7, 11) is 0. The predicted molar refractivity (Wildman–Crippen MR) is 90.5 cm³/mol. The van der Waals surface area contributed by atoms with E-state index in [1.54, 1.807) is 24.3 Å². The molecule has 0 spiro atoms. The van der Waals surface area contributed by atoms with E-state index in [0.29, 0.717) is 11.4 Å². The number of amides is 1. The Hall–Kier alpha value is -2.15. The van der Waals surface area contributed by atoms with Crippen molar-refractivity contribution >= 4 is 34.9 Å². The highest BCUT2D eigenvalue weighted by molar-refractivity contribution is 7.80. The lowest BCUT2D eigenvalue weighted by Crippen LogP contribution is -2.38. The first-order valence-corrected chi connectivity index (χ1v) is 8.02. The minimum absolute atomic E-state index is 0.0244. The second-order valence-corrected chi connectivity index (χ2v) is 5.89. The molecule has 0 aliphatic heterocycles. The van der Waals surface area contributed by atoms with Crippen LogP contribution in [0, 0.1) is 5.92 Å². The summed E-state index contributed by atoms with van der Waals surface area (Å²) >= 11 is 5.15. The number of carboxylic acids is 1. The molecule has 1 amide bonds. The molecule has 1 aromatic rings. The summed E-state index contributed by atoms with van der Waals surface area (Å²) in [5, 5.41) is 14.5. The highest BCUT2D eigenvalue weighted by atomic mass is 32.1. The first-order valence-electron chi connectivity index (χ1n) is 7.61. The van der Waals surface area contributed by atoms with Crippen molar-refractivity contribution in [1.29, 1.82) is 0 Å². The van der Waals surface area contributed by atoms with Gasteiger partial charge in [-0.1, -0.05) is 19.3 Å². The van der Waals surface area contributed by atoms with Crippen LogP contribution in [0.4, 0.5) is 5.69 Å². The molecule has 0 atom stereocenters. The van der Waals surface area contributed by atoms with E-state index in [1.807, 2.05) is 0 Å². The molecule has 6 nitrogen and oxygen atoms in total. The number of nitrogens with one attached hydrogen (secondary N) is 2. The highest BCUT2D eigenvalue weighted by Crippen LogP contribution is 2.23. The third-order valence-corrected chi connectivity index (χ3v) is 3.89. The number of hydrogen-bond donors (Lipinski definition) is 3. The normalized spacial score (nSPS) is 14.8. The first-order chi connectivity index (χ1) is 11.0. The van der Waals surface area contributed by atoms with E-state index >= 15 is 0 Å². The maximum absolute atomic E-state index is 12.1. The molecule has 0 saturated heterocycles. The number of aliphatic carboxylic acids is 1. The average Bonchev–Trinajstić information content (AvgIpc) is 2.55. The number of carboxylic acid groups (broad SMARTS) is 1. The third-order valence-electron chi connectivity index (χ3n) is 3.69. The Morgan fingerprint density at radius 2 is 1.83 bits per heavy atom. The Bertz CT molecular complexity index is 568. The molecule has 0 bridgehead atoms. The van der Waals surface area contributed by atoms with Gasteiger partial charge in [0.1, 0.15) is 5.75 Å². The number of ether oxygens (including phenoxy) is 1. The molecule has 7 heteroatoms. The summed E-state index contributed by atoms with van der Waals surface area (Å²) in [4.78, 5) is 22.5. The molecular formula is C16H20N2O4S. The van der Waals surface area contributed by atoms with Gasteiger partial charge in [0.15, 0.2) is 11.7 Å². The molecule has 0 heterocycles. The van der Waals surface area contributed by atoms with Crippen LogP contribution in [-0.2, 0) is 9.59 Å². The number of thiocarbonyl (C=S) groups is 1. The van der Waals surface area contributed by atoms with E-state index in [0.717, 1.165) is 25.7 Å². The van der Waals surface area contributed by atoms with Gasteiger partial charge in [0.05, 0.1) is 0 Å². The van der Waals surface area contributed by atoms with Crippen molar-refractivity contribution in [3.05, 3.63) is 24.3 Å². The minimum atomic E-state index is -1.03. The molecular weight excluding hydrogens is 316 g/mol. The smallest absolute Gasteiger partial charge is 0.341 e. The van der Waals surface area contributed by atoms with Crippen LogP contribution in [0.5, 0.6) is 5.75 Å². The molecule has 1 aliphatic carbocycles. The minimum Gasteiger partial charge on any atom is -0.482 e. The zero-order valence-corrected chi connectivity index (χ0v) is 13.5. The monoisotopic (exact) mass is 336 g/mol. The molecule has 0 radical (unpaired) electrons. The van der Waals surface area contributed by atoms with Gasteiger partial charge in [-0.25, -0.2) is 4.79 Å². The number of carbonyl (C=O) groups is 2. The van der Waals surface area contributed by atoms with E-state index in [4.69, 9.17) is 22.1 Å². The van der Waals surface area contributed by atoms with Crippen molar-refractivity contribution in [2.24, 2.45) is 5.92 Å². The van der Waals surface area contributed by atoms with Crippen LogP contribution in [0.15, 0.2) is 24.3 Å². The van der Waals surface area contributed by atoms with Gasteiger partial charge in [-0.2, -0.15) is 0 Å². The Morgan fingerprint density at radius 3 is 2.43 bits per heavy atom. The van der Waals surface area contributed by atoms with Crippen LogP contribution in [0.3, 0.4) is 0 Å². The van der Waals surface area contributed by atoms with Crippen LogP contribution in [0.2, 0.25) is 0 Å². The Morgan fingerprint density at radius 1 is 1.17 bits per heavy atom. The lowest BCUT2D eigenvalue weighted by Gasteiger charge is -2.21. The number of anilines is 1. The van der Waals surface area contributed by atoms with Gasteiger partial charge in [0.25, 0.3) is 0 Å². The van der Waals surface area contributed by atoms with Crippen LogP contribution >= 0.6 is 12.2 Å². The fourth-order valence-corrected chi connectivity index (χ4v) is 2.74. The first kappa shape index (κ1) is 17.2. The fourth-order valence-electron chi connectivity index (χ4n) is 2.52. The standard InChI is InChI=1S/C16H20N2O4S/c19-14(20)10-22-13-8-6-12(7-9-13)17-16(23)18-15(21)11-4-2-1-3-5-11/h6-9,11H,1-5,10H2,(H,19,20)(H2,17,18,21,23). The largest absolute Gasteiger partial charge is 0.482 e. The van der Waals surface area contributed by atoms with Crippen LogP contribution in [0.25, 0.3) is 0 Å². The molecule has 1 aromatic carbocycles. The number of rotatable bonds is 5. The SMILES string of the molecule is O=C(O)COc1ccc(NC(=S)NC(=O)C2CCCCC2)cc1. The molecule has 0 unspecified atom stereocenters. The molecule has 0 aromatic heterocycles. The van der Waals surface area contributed by atoms with Gasteiger partial charge in [-0.15, -0.1) is 0 Å². The van der Waals surface area contributed by atoms with Crippen molar-refractivity contribution in [3.8, 4) is 5.75 Å². The quantitative estimate of drug-likeness (QED) is 0.716. The zero-order valence-electron chi connectivity index (χ0n) is 12.7. The van der Waals surface area contributed by atoms with Crippen molar-refractivity contribution in [1.82, 2.24) is 5.32 Å². The van der Waals surface area contributed by atoms with Crippen molar-refractivity contribution < 1.29 is 19.4 Å². The number of hydrogen-bond acceptors (Lipinski definition) is 4. The predicted octanol–water partition coefficient (Wildman–Crippen LogP) is 2.54. The lowest BCUT2D eigenvalue weighted by molar-refractivity contribution is -0.139. The fraction of sp³-hybridized carbons (Fsp3) is 0.438. The van der Waals surface area contributed by atoms with Crippen LogP contribution in [0.1, 0.15) is 32.1 Å². The molecule has 23 heavy (non-hydrogen) atoms. The summed E-state index contributed by atoms with van der Waals surface area (Å²) in [6.45, 7) is -0.386. The van der Waals surface area contributed by atoms with Gasteiger partial charge in [-0.3, -0.25) is 4.79 Å². The van der Waals surface area contributed by atoms with E-state index in [1.165, 1.54) is 6.42 Å². The van der Waals surface area contributed by atoms with E-state index in [-0.39, 0.29) is 23.5 Å². The average molecular weight is 336 g/mol. The highest BCUT2D eigenvalue weighted by Gasteiger charge is 2.21. The summed E-state index contributed by atoms with van der Waals surface area (Å²) < 4.78 is 5.04. The summed E-state index contributed by atoms with van der Waals surface area (Å²) in [5.74, 6) is -0.548. The molecule has 1 aliphatic rings. The Kier molecular flexibility index (Phi) is 6.34. The summed E-state index contributed by atoms with van der Waals surface area (Å²) in [5.41, 5.74) is 0.696. The van der Waals surface area contributed by atoms with Crippen molar-refractivity contribution in [2.75, 3.05) is 11.9 Å². The van der Waals surface area contributed by atoms with Gasteiger partial charge in [-0.05, 0) is 49.3 Å². The van der Waals surface area contributed by atoms with Gasteiger partial charge in [0, 0.05) is 11.6 Å². The van der Waals surface area contributed by atoms with E-state index in [2.05, 4.69) is 10.6 Å². The Balaban J connectivity index is 1.80. The summed E-state index contributed by atoms with van der Waals surface area (Å²) in [6.07, 6.45) is 5.23. The maximum Gasteiger partial charge on any atom is 0.341 e. The van der Waals surface area contributed by atoms with Crippen LogP contribution in [-0.4, -0.2) is 28.7 Å². The van der Waals surface area contributed by atoms with Crippen molar-refractivity contribution in [3.63, 3.8) is 0 Å². The number of benzene rings is 1. The van der Waals surface area contributed by atoms with E-state index < -0.39 is 5.97 Å². The van der Waals surface area contributed by atoms with E-state index in [9.17, 15) is 9.59 Å². The summed E-state index contributed by atoms with van der Waals surface area (Å²) in [6, 6.07) is 6.68. The van der Waals surface area contributed by atoms with Crippen LogP contribution < -0.4 is 15.4 Å². The second kappa shape index (κ2) is 8.47. The topological polar surface area (TPSA) is 87.7 Å². The van der Waals surface area contributed by atoms with Gasteiger partial charge in [0.2, 0.25) is 5.91 Å². The lowest BCUT2D eigenvalue weighted by atomic mass is 9.89. The number of carbonyl (C=O) groups excluding carboxylic acids is 1. The Labute approximate surface area is 140 Å². The third kappa shape index (κ3) is 5.86. The molecule has 1 saturated carbocycles. The molecule has 3 N–H and O–H groups in total. The van der Waals surface area contributed by atoms with Gasteiger partial charge >= 0.3 is 5.97 Å². The van der Waals surface area contributed by atoms with Gasteiger partial charge < -0.3 is 20.5 Å². The molecule has 1 fully saturated rings. The zero-order chi connectivity index (χ0) is 16.7. The maximum atomic E-state index is 12.1.